The Labute approximate surface area is 163 Å². The minimum atomic E-state index is 0.159. The molecule has 3 aromatic rings. The van der Waals surface area contributed by atoms with Crippen molar-refractivity contribution < 1.29 is 0 Å². The van der Waals surface area contributed by atoms with E-state index in [4.69, 9.17) is 9.98 Å². The second kappa shape index (κ2) is 6.00. The maximum Gasteiger partial charge on any atom is 0.0796 e. The van der Waals surface area contributed by atoms with Crippen molar-refractivity contribution in [2.45, 2.75) is 12.3 Å². The van der Waals surface area contributed by atoms with Gasteiger partial charge < -0.3 is 0 Å². The Balaban J connectivity index is 1.72. The van der Waals surface area contributed by atoms with Crippen molar-refractivity contribution in [3.63, 3.8) is 0 Å². The molecule has 3 aromatic carbocycles. The Bertz CT molecular complexity index is 1310. The van der Waals surface area contributed by atoms with Crippen LogP contribution in [-0.4, -0.2) is 6.21 Å². The number of benzene rings is 3. The van der Waals surface area contributed by atoms with Crippen LogP contribution < -0.4 is 10.6 Å². The summed E-state index contributed by atoms with van der Waals surface area (Å²) >= 11 is 0. The van der Waals surface area contributed by atoms with Crippen LogP contribution in [0.15, 0.2) is 101 Å². The van der Waals surface area contributed by atoms with Crippen molar-refractivity contribution in [1.82, 2.24) is 0 Å². The van der Waals surface area contributed by atoms with E-state index in [9.17, 15) is 0 Å². The molecule has 28 heavy (non-hydrogen) atoms. The fourth-order valence-corrected chi connectivity index (χ4v) is 4.50. The zero-order valence-electron chi connectivity index (χ0n) is 15.3. The third-order valence-electron chi connectivity index (χ3n) is 5.79. The van der Waals surface area contributed by atoms with Gasteiger partial charge in [-0.2, -0.15) is 0 Å². The van der Waals surface area contributed by atoms with Gasteiger partial charge in [0.15, 0.2) is 0 Å². The molecule has 2 aliphatic heterocycles. The molecule has 0 amide bonds. The van der Waals surface area contributed by atoms with E-state index in [-0.39, 0.29) is 5.92 Å². The van der Waals surface area contributed by atoms with E-state index in [0.717, 1.165) is 23.2 Å². The molecular weight excluding hydrogens is 340 g/mol. The molecule has 0 spiro atoms. The fourth-order valence-electron chi connectivity index (χ4n) is 4.50. The van der Waals surface area contributed by atoms with Gasteiger partial charge in [0.25, 0.3) is 0 Å². The number of fused-ring (bicyclic) bond motifs is 3. The van der Waals surface area contributed by atoms with E-state index < -0.39 is 0 Å². The molecular formula is C26H18N2. The molecule has 0 bridgehead atoms. The topological polar surface area (TPSA) is 24.7 Å². The molecule has 1 unspecified atom stereocenters. The number of allylic oxidation sites excluding steroid dienone is 4. The molecule has 2 heterocycles. The summed E-state index contributed by atoms with van der Waals surface area (Å²) in [6.07, 6.45) is 9.45. The van der Waals surface area contributed by atoms with Crippen LogP contribution in [0.4, 0.5) is 5.69 Å². The molecule has 2 nitrogen and oxygen atoms in total. The predicted octanol–water partition coefficient (Wildman–Crippen LogP) is 4.83. The molecule has 6 rings (SSSR count). The van der Waals surface area contributed by atoms with Gasteiger partial charge in [-0.25, -0.2) is 4.99 Å². The minimum Gasteiger partial charge on any atom is -0.260 e. The van der Waals surface area contributed by atoms with E-state index in [2.05, 4.69) is 91.2 Å². The normalized spacial score (nSPS) is 18.4. The number of rotatable bonds is 2. The quantitative estimate of drug-likeness (QED) is 0.627. The number of aliphatic imine (C=N–C) groups is 1. The van der Waals surface area contributed by atoms with Gasteiger partial charge in [0.1, 0.15) is 0 Å². The number of hydrogen-bond acceptors (Lipinski definition) is 2. The van der Waals surface area contributed by atoms with Crippen LogP contribution in [0.1, 0.15) is 23.5 Å². The summed E-state index contributed by atoms with van der Waals surface area (Å²) in [5.41, 5.74) is 8.46. The maximum atomic E-state index is 5.07. The van der Waals surface area contributed by atoms with Crippen molar-refractivity contribution in [1.29, 1.82) is 0 Å². The van der Waals surface area contributed by atoms with Gasteiger partial charge in [-0.3, -0.25) is 4.99 Å². The van der Waals surface area contributed by atoms with Crippen molar-refractivity contribution >= 4 is 17.5 Å². The summed E-state index contributed by atoms with van der Waals surface area (Å²) in [6.45, 7) is 0. The molecule has 3 aliphatic rings. The Morgan fingerprint density at radius 1 is 0.893 bits per heavy atom. The Hall–Kier alpha value is -3.52. The molecule has 132 valence electrons. The van der Waals surface area contributed by atoms with Gasteiger partial charge in [0.05, 0.1) is 16.7 Å². The highest BCUT2D eigenvalue weighted by Crippen LogP contribution is 2.41. The molecule has 0 N–H and O–H groups in total. The second-order valence-corrected chi connectivity index (χ2v) is 7.39. The van der Waals surface area contributed by atoms with Crippen molar-refractivity contribution in [3.05, 3.63) is 112 Å². The zero-order valence-corrected chi connectivity index (χ0v) is 15.3. The minimum absolute atomic E-state index is 0.159. The molecule has 0 radical (unpaired) electrons. The fraction of sp³-hybridized carbons (Fsp3) is 0.0769. The van der Waals surface area contributed by atoms with Gasteiger partial charge in [0, 0.05) is 28.5 Å². The summed E-state index contributed by atoms with van der Waals surface area (Å²) in [6, 6.07) is 23.5. The largest absolute Gasteiger partial charge is 0.260 e. The molecule has 1 aliphatic carbocycles. The van der Waals surface area contributed by atoms with Gasteiger partial charge in [-0.15, -0.1) is 0 Å². The van der Waals surface area contributed by atoms with Crippen molar-refractivity contribution in [2.75, 3.05) is 0 Å². The highest BCUT2D eigenvalue weighted by Gasteiger charge is 2.28. The van der Waals surface area contributed by atoms with Crippen LogP contribution in [0, 0.1) is 0 Å². The first kappa shape index (κ1) is 15.5. The Morgan fingerprint density at radius 2 is 1.68 bits per heavy atom. The van der Waals surface area contributed by atoms with Gasteiger partial charge in [0.2, 0.25) is 0 Å². The summed E-state index contributed by atoms with van der Waals surface area (Å²) in [4.78, 5) is 9.91. The average Bonchev–Trinajstić information content (AvgIpc) is 3.35. The summed E-state index contributed by atoms with van der Waals surface area (Å²) in [7, 11) is 0. The number of nitrogens with zero attached hydrogens (tertiary/aromatic N) is 2. The van der Waals surface area contributed by atoms with Crippen LogP contribution >= 0.6 is 0 Å². The van der Waals surface area contributed by atoms with Crippen molar-refractivity contribution in [2.24, 2.45) is 9.98 Å². The lowest BCUT2D eigenvalue weighted by atomic mass is 9.86. The van der Waals surface area contributed by atoms with Crippen LogP contribution in [0.3, 0.4) is 0 Å². The van der Waals surface area contributed by atoms with Crippen molar-refractivity contribution in [3.8, 4) is 11.1 Å². The zero-order chi connectivity index (χ0) is 18.5. The van der Waals surface area contributed by atoms with E-state index in [1.165, 1.54) is 33.0 Å². The third-order valence-corrected chi connectivity index (χ3v) is 5.79. The Kier molecular flexibility index (Phi) is 3.33. The van der Waals surface area contributed by atoms with E-state index in [1.54, 1.807) is 0 Å². The lowest BCUT2D eigenvalue weighted by Crippen LogP contribution is -2.27. The van der Waals surface area contributed by atoms with E-state index >= 15 is 0 Å². The van der Waals surface area contributed by atoms with Crippen LogP contribution in [0.25, 0.3) is 16.7 Å². The molecule has 1 atom stereocenters. The first-order valence-electron chi connectivity index (χ1n) is 9.71. The van der Waals surface area contributed by atoms with Crippen LogP contribution in [0.5, 0.6) is 0 Å². The smallest absolute Gasteiger partial charge is 0.0796 e. The summed E-state index contributed by atoms with van der Waals surface area (Å²) < 4.78 is 0. The highest BCUT2D eigenvalue weighted by atomic mass is 14.8. The molecule has 0 aromatic heterocycles. The molecule has 0 fully saturated rings. The monoisotopic (exact) mass is 358 g/mol. The average molecular weight is 358 g/mol. The maximum absolute atomic E-state index is 5.07. The first-order chi connectivity index (χ1) is 13.9. The second-order valence-electron chi connectivity index (χ2n) is 7.39. The highest BCUT2D eigenvalue weighted by molar-refractivity contribution is 5.91. The van der Waals surface area contributed by atoms with E-state index in [0.29, 0.717) is 0 Å². The standard InChI is InChI=1S/C26H18N2/c1-3-9-17(10-4-1)21-16-27-23-15-20-19-13-7-8-14-22(19)28-26(20)24(25(21)23)18-11-5-2-6-12-18/h1-12,14-16,21H,13H2. The third kappa shape index (κ3) is 2.21. The lowest BCUT2D eigenvalue weighted by molar-refractivity contribution is 1.12. The molecule has 2 heteroatoms. The van der Waals surface area contributed by atoms with Crippen LogP contribution in [0.2, 0.25) is 0 Å². The number of hydrogen-bond donors (Lipinski definition) is 0. The van der Waals surface area contributed by atoms with Gasteiger partial charge in [-0.1, -0.05) is 72.8 Å². The lowest BCUT2D eigenvalue weighted by Gasteiger charge is -2.16. The predicted molar refractivity (Wildman–Crippen MR) is 114 cm³/mol. The van der Waals surface area contributed by atoms with Crippen LogP contribution in [-0.2, 0) is 0 Å². The summed E-state index contributed by atoms with van der Waals surface area (Å²) in [5, 5.41) is 2.33. The Morgan fingerprint density at radius 3 is 2.50 bits per heavy atom. The summed E-state index contributed by atoms with van der Waals surface area (Å²) in [5.74, 6) is 0.159. The van der Waals surface area contributed by atoms with E-state index in [1.807, 2.05) is 0 Å². The van der Waals surface area contributed by atoms with Gasteiger partial charge >= 0.3 is 0 Å². The first-order valence-corrected chi connectivity index (χ1v) is 9.71. The molecule has 0 saturated heterocycles. The van der Waals surface area contributed by atoms with Gasteiger partial charge in [-0.05, 0) is 35.3 Å². The molecule has 0 saturated carbocycles. The SMILES string of the molecule is C1=CCC2=c3cc4c(c(-c5ccccc5)c3=NC2=C1)C(c1ccccc1)C=N4.